The number of nitrogens with zero attached hydrogens (tertiary/aromatic N) is 1. The summed E-state index contributed by atoms with van der Waals surface area (Å²) in [7, 11) is 0. The fraction of sp³-hybridized carbons (Fsp3) is 0.294. The van der Waals surface area contributed by atoms with E-state index in [9.17, 15) is 27.1 Å². The average Bonchev–Trinajstić information content (AvgIpc) is 3.10. The van der Waals surface area contributed by atoms with Gasteiger partial charge in [0.1, 0.15) is 5.75 Å². The molecule has 24 heavy (non-hydrogen) atoms. The number of para-hydroxylation sites is 1. The van der Waals surface area contributed by atoms with Crippen LogP contribution in [0.3, 0.4) is 0 Å². The van der Waals surface area contributed by atoms with E-state index in [4.69, 9.17) is 0 Å². The number of halogens is 5. The summed E-state index contributed by atoms with van der Waals surface area (Å²) < 4.78 is 69.2. The Morgan fingerprint density at radius 3 is 1.83 bits per heavy atom. The molecule has 1 aliphatic heterocycles. The molecule has 2 aromatic carbocycles. The first-order chi connectivity index (χ1) is 11.4. The second kappa shape index (κ2) is 6.39. The van der Waals surface area contributed by atoms with E-state index in [-0.39, 0.29) is 11.3 Å². The summed E-state index contributed by atoms with van der Waals surface area (Å²) in [4.78, 5) is 1.60. The van der Waals surface area contributed by atoms with Crippen LogP contribution in [0.2, 0.25) is 0 Å². The van der Waals surface area contributed by atoms with Crippen LogP contribution in [0.25, 0.3) is 0 Å². The molecule has 1 aliphatic rings. The van der Waals surface area contributed by atoms with Crippen LogP contribution in [0, 0.1) is 29.1 Å². The van der Waals surface area contributed by atoms with Gasteiger partial charge >= 0.3 is 0 Å². The van der Waals surface area contributed by atoms with Gasteiger partial charge in [-0.2, -0.15) is 0 Å². The van der Waals surface area contributed by atoms with Gasteiger partial charge in [0.15, 0.2) is 23.3 Å². The summed E-state index contributed by atoms with van der Waals surface area (Å²) >= 11 is 0. The SMILES string of the molecule is Oc1ccccc1C(c1c(F)c(F)c(F)c(F)c1F)N1CCCC1. The number of rotatable bonds is 3. The van der Waals surface area contributed by atoms with Crippen LogP contribution < -0.4 is 0 Å². The quantitative estimate of drug-likeness (QED) is 0.511. The van der Waals surface area contributed by atoms with E-state index < -0.39 is 40.7 Å². The molecular weight excluding hydrogens is 329 g/mol. The van der Waals surface area contributed by atoms with Gasteiger partial charge in [0.2, 0.25) is 5.82 Å². The van der Waals surface area contributed by atoms with E-state index >= 15 is 0 Å². The number of phenolic OH excluding ortho intramolecular Hbond substituents is 1. The molecule has 0 bridgehead atoms. The lowest BCUT2D eigenvalue weighted by Gasteiger charge is -2.29. The van der Waals surface area contributed by atoms with Crippen LogP contribution in [0.15, 0.2) is 24.3 Å². The first-order valence-electron chi connectivity index (χ1n) is 7.46. The predicted molar refractivity (Wildman–Crippen MR) is 77.0 cm³/mol. The average molecular weight is 343 g/mol. The monoisotopic (exact) mass is 343 g/mol. The van der Waals surface area contributed by atoms with Crippen LogP contribution in [0.1, 0.15) is 30.0 Å². The molecule has 2 nitrogen and oxygen atoms in total. The van der Waals surface area contributed by atoms with Crippen molar-refractivity contribution in [3.05, 3.63) is 64.5 Å². The molecule has 3 rings (SSSR count). The highest BCUT2D eigenvalue weighted by Crippen LogP contribution is 2.40. The van der Waals surface area contributed by atoms with Crippen LogP contribution in [-0.4, -0.2) is 23.1 Å². The van der Waals surface area contributed by atoms with E-state index in [0.717, 1.165) is 12.8 Å². The minimum Gasteiger partial charge on any atom is -0.508 e. The Balaban J connectivity index is 2.26. The van der Waals surface area contributed by atoms with Crippen molar-refractivity contribution in [1.29, 1.82) is 0 Å². The molecule has 2 aromatic rings. The Bertz CT molecular complexity index is 745. The molecule has 1 saturated heterocycles. The first kappa shape index (κ1) is 16.7. The number of hydrogen-bond donors (Lipinski definition) is 1. The third-order valence-electron chi connectivity index (χ3n) is 4.25. The van der Waals surface area contributed by atoms with Crippen molar-refractivity contribution < 1.29 is 27.1 Å². The van der Waals surface area contributed by atoms with Crippen LogP contribution in [0.4, 0.5) is 22.0 Å². The maximum absolute atomic E-state index is 14.3. The summed E-state index contributed by atoms with van der Waals surface area (Å²) in [6.07, 6.45) is 1.47. The molecule has 128 valence electrons. The van der Waals surface area contributed by atoms with Gasteiger partial charge in [-0.05, 0) is 32.0 Å². The molecule has 7 heteroatoms. The molecule has 1 heterocycles. The maximum Gasteiger partial charge on any atom is 0.200 e. The smallest absolute Gasteiger partial charge is 0.200 e. The van der Waals surface area contributed by atoms with Gasteiger partial charge in [-0.15, -0.1) is 0 Å². The summed E-state index contributed by atoms with van der Waals surface area (Å²) in [5, 5.41) is 10.0. The van der Waals surface area contributed by atoms with Gasteiger partial charge in [-0.3, -0.25) is 4.90 Å². The fourth-order valence-electron chi connectivity index (χ4n) is 3.12. The summed E-state index contributed by atoms with van der Waals surface area (Å²) in [5.74, 6) is -10.2. The van der Waals surface area contributed by atoms with Crippen molar-refractivity contribution in [3.8, 4) is 5.75 Å². The van der Waals surface area contributed by atoms with E-state index in [1.165, 1.54) is 24.3 Å². The normalized spacial score (nSPS) is 16.5. The highest BCUT2D eigenvalue weighted by Gasteiger charge is 2.36. The van der Waals surface area contributed by atoms with Crippen LogP contribution >= 0.6 is 0 Å². The van der Waals surface area contributed by atoms with Crippen molar-refractivity contribution in [2.75, 3.05) is 13.1 Å². The highest BCUT2D eigenvalue weighted by molar-refractivity contribution is 5.42. The Morgan fingerprint density at radius 2 is 1.29 bits per heavy atom. The largest absolute Gasteiger partial charge is 0.508 e. The molecule has 0 saturated carbocycles. The van der Waals surface area contributed by atoms with E-state index in [1.807, 2.05) is 0 Å². The van der Waals surface area contributed by atoms with E-state index in [0.29, 0.717) is 13.1 Å². The molecule has 1 N–H and O–H groups in total. The van der Waals surface area contributed by atoms with Gasteiger partial charge in [0, 0.05) is 5.56 Å². The lowest BCUT2D eigenvalue weighted by atomic mass is 9.95. The maximum atomic E-state index is 14.3. The van der Waals surface area contributed by atoms with Crippen molar-refractivity contribution in [1.82, 2.24) is 4.90 Å². The minimum atomic E-state index is -2.19. The molecule has 0 spiro atoms. The predicted octanol–water partition coefficient (Wildman–Crippen LogP) is 4.27. The van der Waals surface area contributed by atoms with Crippen molar-refractivity contribution in [3.63, 3.8) is 0 Å². The summed E-state index contributed by atoms with van der Waals surface area (Å²) in [5.41, 5.74) is -0.836. The van der Waals surface area contributed by atoms with Crippen molar-refractivity contribution in [2.45, 2.75) is 18.9 Å². The molecular formula is C17H14F5NO. The molecule has 1 fully saturated rings. The third-order valence-corrected chi connectivity index (χ3v) is 4.25. The van der Waals surface area contributed by atoms with Gasteiger partial charge in [0.05, 0.1) is 11.6 Å². The minimum absolute atomic E-state index is 0.0996. The third kappa shape index (κ3) is 2.62. The first-order valence-corrected chi connectivity index (χ1v) is 7.46. The second-order valence-electron chi connectivity index (χ2n) is 5.69. The lowest BCUT2D eigenvalue weighted by molar-refractivity contribution is 0.254. The number of benzene rings is 2. The van der Waals surface area contributed by atoms with Crippen molar-refractivity contribution in [2.24, 2.45) is 0 Å². The number of hydrogen-bond acceptors (Lipinski definition) is 2. The Hall–Kier alpha value is -2.15. The van der Waals surface area contributed by atoms with E-state index in [2.05, 4.69) is 0 Å². The summed E-state index contributed by atoms with van der Waals surface area (Å²) in [6, 6.07) is 4.52. The molecule has 0 amide bonds. The molecule has 0 aromatic heterocycles. The zero-order valence-corrected chi connectivity index (χ0v) is 12.5. The van der Waals surface area contributed by atoms with Crippen molar-refractivity contribution >= 4 is 0 Å². The molecule has 1 unspecified atom stereocenters. The van der Waals surface area contributed by atoms with Gasteiger partial charge < -0.3 is 5.11 Å². The molecule has 0 radical (unpaired) electrons. The van der Waals surface area contributed by atoms with Gasteiger partial charge in [0.25, 0.3) is 0 Å². The fourth-order valence-corrected chi connectivity index (χ4v) is 3.12. The standard InChI is InChI=1S/C17H14F5NO/c18-12-11(13(19)15(21)16(22)14(12)20)17(23-7-3-4-8-23)9-5-1-2-6-10(9)24/h1-2,5-6,17,24H,3-4,7-8H2. The number of phenols is 1. The summed E-state index contributed by atoms with van der Waals surface area (Å²) in [6.45, 7) is 0.858. The Labute approximate surface area is 135 Å². The second-order valence-corrected chi connectivity index (χ2v) is 5.69. The molecule has 0 aliphatic carbocycles. The zero-order chi connectivity index (χ0) is 17.4. The Kier molecular flexibility index (Phi) is 4.45. The lowest BCUT2D eigenvalue weighted by Crippen LogP contribution is -2.29. The molecule has 1 atom stereocenters. The van der Waals surface area contributed by atoms with Gasteiger partial charge in [-0.1, -0.05) is 18.2 Å². The van der Waals surface area contributed by atoms with Gasteiger partial charge in [-0.25, -0.2) is 22.0 Å². The van der Waals surface area contributed by atoms with E-state index in [1.54, 1.807) is 4.90 Å². The van der Waals surface area contributed by atoms with Crippen LogP contribution in [0.5, 0.6) is 5.75 Å². The zero-order valence-electron chi connectivity index (χ0n) is 12.5. The van der Waals surface area contributed by atoms with Crippen LogP contribution in [-0.2, 0) is 0 Å². The topological polar surface area (TPSA) is 23.5 Å². The number of aromatic hydroxyl groups is 1. The highest BCUT2D eigenvalue weighted by atomic mass is 19.2. The number of likely N-dealkylation sites (tertiary alicyclic amines) is 1. The Morgan fingerprint density at radius 1 is 0.792 bits per heavy atom.